The third-order valence-corrected chi connectivity index (χ3v) is 3.17. The van der Waals surface area contributed by atoms with Crippen molar-refractivity contribution in [1.29, 1.82) is 0 Å². The van der Waals surface area contributed by atoms with E-state index in [0.29, 0.717) is 0 Å². The number of carbonyl (C=O) groups excluding carboxylic acids is 2. The molecule has 13 heavy (non-hydrogen) atoms. The number of nitrogens with one attached hydrogen (secondary N) is 1. The Morgan fingerprint density at radius 1 is 1.46 bits per heavy atom. The fourth-order valence-electron chi connectivity index (χ4n) is 2.58. The lowest BCUT2D eigenvalue weighted by atomic mass is 9.78. The largest absolute Gasteiger partial charge is 0.362 e. The normalized spacial score (nSPS) is 51.3. The molecule has 0 radical (unpaired) electrons. The third kappa shape index (κ3) is 0.659. The van der Waals surface area contributed by atoms with E-state index in [9.17, 15) is 9.59 Å². The van der Waals surface area contributed by atoms with Crippen molar-refractivity contribution >= 4 is 11.8 Å². The van der Waals surface area contributed by atoms with E-state index in [4.69, 9.17) is 4.74 Å². The molecule has 0 aliphatic carbocycles. The fraction of sp³-hybridized carbons (Fsp3) is 0.556. The lowest BCUT2D eigenvalue weighted by molar-refractivity contribution is -0.129. The highest BCUT2D eigenvalue weighted by Gasteiger charge is 2.63. The Balaban J connectivity index is 2.13. The molecule has 3 aliphatic heterocycles. The summed E-state index contributed by atoms with van der Waals surface area (Å²) in [4.78, 5) is 22.8. The van der Waals surface area contributed by atoms with Crippen LogP contribution in [-0.4, -0.2) is 23.5 Å². The average Bonchev–Trinajstić information content (AvgIpc) is 2.62. The summed E-state index contributed by atoms with van der Waals surface area (Å²) in [7, 11) is 0. The predicted octanol–water partition coefficient (Wildman–Crippen LogP) is -0.398. The summed E-state index contributed by atoms with van der Waals surface area (Å²) >= 11 is 0. The molecule has 2 fully saturated rings. The number of imide groups is 1. The number of rotatable bonds is 0. The van der Waals surface area contributed by atoms with Gasteiger partial charge in [0.05, 0.1) is 23.5 Å². The number of ether oxygens (including phenoxy) is 1. The van der Waals surface area contributed by atoms with Gasteiger partial charge < -0.3 is 4.74 Å². The second-order valence-electron chi connectivity index (χ2n) is 3.98. The molecule has 3 heterocycles. The first-order valence-corrected chi connectivity index (χ1v) is 4.34. The van der Waals surface area contributed by atoms with E-state index < -0.39 is 5.60 Å². The molecule has 2 saturated heterocycles. The SMILES string of the molecule is C[C@]12C=C[C@@H](O1)[C@H]1C(=O)NC(=O)[C@@H]12. The first kappa shape index (κ1) is 7.26. The van der Waals surface area contributed by atoms with Gasteiger partial charge in [-0.25, -0.2) is 0 Å². The minimum Gasteiger partial charge on any atom is -0.362 e. The van der Waals surface area contributed by atoms with Crippen molar-refractivity contribution in [1.82, 2.24) is 5.32 Å². The minimum absolute atomic E-state index is 0.187. The van der Waals surface area contributed by atoms with Gasteiger partial charge in [-0.15, -0.1) is 0 Å². The lowest BCUT2D eigenvalue weighted by Crippen LogP contribution is -2.36. The number of hydrogen-bond donors (Lipinski definition) is 1. The molecular weight excluding hydrogens is 170 g/mol. The van der Waals surface area contributed by atoms with Gasteiger partial charge in [-0.3, -0.25) is 14.9 Å². The van der Waals surface area contributed by atoms with E-state index in [1.54, 1.807) is 0 Å². The van der Waals surface area contributed by atoms with Crippen LogP contribution in [0.5, 0.6) is 0 Å². The van der Waals surface area contributed by atoms with Gasteiger partial charge in [0.25, 0.3) is 0 Å². The van der Waals surface area contributed by atoms with E-state index >= 15 is 0 Å². The third-order valence-electron chi connectivity index (χ3n) is 3.17. The van der Waals surface area contributed by atoms with Crippen molar-refractivity contribution in [2.75, 3.05) is 0 Å². The van der Waals surface area contributed by atoms with Gasteiger partial charge in [-0.2, -0.15) is 0 Å². The van der Waals surface area contributed by atoms with E-state index in [0.717, 1.165) is 0 Å². The zero-order chi connectivity index (χ0) is 9.22. The first-order valence-electron chi connectivity index (χ1n) is 4.34. The van der Waals surface area contributed by atoms with Crippen LogP contribution < -0.4 is 5.32 Å². The molecule has 4 heteroatoms. The molecule has 2 amide bonds. The van der Waals surface area contributed by atoms with Gasteiger partial charge in [-0.05, 0) is 6.92 Å². The van der Waals surface area contributed by atoms with Crippen LogP contribution in [0.4, 0.5) is 0 Å². The molecule has 4 atom stereocenters. The summed E-state index contributed by atoms with van der Waals surface area (Å²) in [6, 6.07) is 0. The van der Waals surface area contributed by atoms with Crippen LogP contribution >= 0.6 is 0 Å². The van der Waals surface area contributed by atoms with Crippen LogP contribution in [0.1, 0.15) is 6.92 Å². The number of amides is 2. The van der Waals surface area contributed by atoms with Crippen LogP contribution in [0.2, 0.25) is 0 Å². The Morgan fingerprint density at radius 2 is 2.23 bits per heavy atom. The first-order chi connectivity index (χ1) is 6.12. The zero-order valence-corrected chi connectivity index (χ0v) is 7.11. The molecule has 0 saturated carbocycles. The maximum atomic E-state index is 11.4. The molecule has 0 spiro atoms. The summed E-state index contributed by atoms with van der Waals surface area (Å²) in [5, 5.41) is 2.35. The van der Waals surface area contributed by atoms with Crippen molar-refractivity contribution in [3.8, 4) is 0 Å². The Labute approximate surface area is 74.9 Å². The molecule has 0 aromatic heterocycles. The minimum atomic E-state index is -0.550. The molecule has 1 N–H and O–H groups in total. The van der Waals surface area contributed by atoms with Gasteiger partial charge in [0, 0.05) is 0 Å². The number of fused-ring (bicyclic) bond motifs is 5. The maximum absolute atomic E-state index is 11.4. The van der Waals surface area contributed by atoms with Crippen LogP contribution in [-0.2, 0) is 14.3 Å². The van der Waals surface area contributed by atoms with Crippen molar-refractivity contribution in [2.45, 2.75) is 18.6 Å². The molecule has 4 nitrogen and oxygen atoms in total. The summed E-state index contributed by atoms with van der Waals surface area (Å²) in [5.74, 6) is -0.977. The quantitative estimate of drug-likeness (QED) is 0.406. The van der Waals surface area contributed by atoms with Crippen molar-refractivity contribution in [3.63, 3.8) is 0 Å². The Bertz CT molecular complexity index is 349. The Hall–Kier alpha value is -1.16. The smallest absolute Gasteiger partial charge is 0.233 e. The standard InChI is InChI=1S/C9H9NO3/c1-9-3-2-4(13-9)5-6(9)8(12)10-7(5)11/h2-6H,1H3,(H,10,11,12)/t4-,5-,6-,9-/m1/s1. The van der Waals surface area contributed by atoms with Crippen LogP contribution in [0, 0.1) is 11.8 Å². The highest BCUT2D eigenvalue weighted by Crippen LogP contribution is 2.48. The number of carbonyl (C=O) groups is 2. The van der Waals surface area contributed by atoms with Crippen LogP contribution in [0.3, 0.4) is 0 Å². The predicted molar refractivity (Wildman–Crippen MR) is 42.5 cm³/mol. The number of hydrogen-bond acceptors (Lipinski definition) is 3. The molecule has 0 aromatic rings. The van der Waals surface area contributed by atoms with Crippen molar-refractivity contribution in [3.05, 3.63) is 12.2 Å². The van der Waals surface area contributed by atoms with Crippen LogP contribution in [0.15, 0.2) is 12.2 Å². The van der Waals surface area contributed by atoms with Gasteiger partial charge in [0.2, 0.25) is 11.8 Å². The topological polar surface area (TPSA) is 55.4 Å². The molecule has 3 rings (SSSR count). The van der Waals surface area contributed by atoms with Gasteiger partial charge in [0.15, 0.2) is 0 Å². The maximum Gasteiger partial charge on any atom is 0.233 e. The van der Waals surface area contributed by atoms with Gasteiger partial charge >= 0.3 is 0 Å². The highest BCUT2D eigenvalue weighted by molar-refractivity contribution is 6.07. The van der Waals surface area contributed by atoms with Crippen molar-refractivity contribution in [2.24, 2.45) is 11.8 Å². The van der Waals surface area contributed by atoms with Crippen molar-refractivity contribution < 1.29 is 14.3 Å². The highest BCUT2D eigenvalue weighted by atomic mass is 16.5. The van der Waals surface area contributed by atoms with E-state index in [1.165, 1.54) is 0 Å². The second-order valence-corrected chi connectivity index (χ2v) is 3.98. The molecular formula is C9H9NO3. The van der Waals surface area contributed by atoms with Crippen LogP contribution in [0.25, 0.3) is 0 Å². The average molecular weight is 179 g/mol. The van der Waals surface area contributed by atoms with Gasteiger partial charge in [0.1, 0.15) is 0 Å². The second kappa shape index (κ2) is 1.85. The molecule has 3 aliphatic rings. The monoisotopic (exact) mass is 179 g/mol. The summed E-state index contributed by atoms with van der Waals surface area (Å²) in [6.45, 7) is 1.85. The fourth-order valence-corrected chi connectivity index (χ4v) is 2.58. The molecule has 0 unspecified atom stereocenters. The lowest BCUT2D eigenvalue weighted by Gasteiger charge is -2.21. The summed E-state index contributed by atoms with van der Waals surface area (Å²) < 4.78 is 5.57. The summed E-state index contributed by atoms with van der Waals surface area (Å²) in [6.07, 6.45) is 3.57. The Morgan fingerprint density at radius 3 is 2.92 bits per heavy atom. The Kier molecular flexibility index (Phi) is 1.03. The molecule has 68 valence electrons. The zero-order valence-electron chi connectivity index (χ0n) is 7.11. The van der Waals surface area contributed by atoms with E-state index in [2.05, 4.69) is 5.32 Å². The molecule has 2 bridgehead atoms. The molecule has 0 aromatic carbocycles. The van der Waals surface area contributed by atoms with E-state index in [-0.39, 0.29) is 29.8 Å². The summed E-state index contributed by atoms with van der Waals surface area (Å²) in [5.41, 5.74) is -0.550. The van der Waals surface area contributed by atoms with E-state index in [1.807, 2.05) is 19.1 Å². The van der Waals surface area contributed by atoms with Gasteiger partial charge in [-0.1, -0.05) is 12.2 Å².